The summed E-state index contributed by atoms with van der Waals surface area (Å²) >= 11 is 5.49. The van der Waals surface area contributed by atoms with Gasteiger partial charge in [-0.3, -0.25) is 9.59 Å². The fraction of sp³-hybridized carbons (Fsp3) is 0.714. The van der Waals surface area contributed by atoms with Crippen molar-refractivity contribution in [3.63, 3.8) is 0 Å². The van der Waals surface area contributed by atoms with Gasteiger partial charge in [0.2, 0.25) is 0 Å². The molecule has 0 aromatic rings. The van der Waals surface area contributed by atoms with Crippen molar-refractivity contribution in [2.45, 2.75) is 31.2 Å². The molecule has 12 heavy (non-hydrogen) atoms. The van der Waals surface area contributed by atoms with Crippen LogP contribution in [0.4, 0.5) is 0 Å². The molecule has 0 aromatic carbocycles. The van der Waals surface area contributed by atoms with E-state index in [4.69, 9.17) is 16.7 Å². The molecule has 0 fully saturated rings. The van der Waals surface area contributed by atoms with E-state index < -0.39 is 29.2 Å². The average Bonchev–Trinajstić information content (AvgIpc) is 1.82. The Labute approximate surface area is 75.1 Å². The van der Waals surface area contributed by atoms with E-state index in [1.807, 2.05) is 0 Å². The lowest BCUT2D eigenvalue weighted by atomic mass is 9.95. The summed E-state index contributed by atoms with van der Waals surface area (Å²) < 4.78 is 0. The SMILES string of the molecule is CC(=O)C(Cl)C(C)(O)CC(=O)O. The first-order valence-corrected chi connectivity index (χ1v) is 3.79. The monoisotopic (exact) mass is 194 g/mol. The normalized spacial score (nSPS) is 18.0. The van der Waals surface area contributed by atoms with Gasteiger partial charge in [-0.25, -0.2) is 0 Å². The summed E-state index contributed by atoms with van der Waals surface area (Å²) in [5, 5.41) is 16.6. The molecule has 0 rings (SSSR count). The first-order chi connectivity index (χ1) is 5.27. The van der Waals surface area contributed by atoms with Crippen molar-refractivity contribution in [2.24, 2.45) is 0 Å². The standard InChI is InChI=1S/C7H11ClO4/c1-4(9)6(8)7(2,12)3-5(10)11/h6,12H,3H2,1-2H3,(H,10,11). The highest BCUT2D eigenvalue weighted by molar-refractivity contribution is 6.31. The summed E-state index contributed by atoms with van der Waals surface area (Å²) in [5.41, 5.74) is -1.68. The van der Waals surface area contributed by atoms with Gasteiger partial charge < -0.3 is 10.2 Å². The molecular formula is C7H11ClO4. The van der Waals surface area contributed by atoms with Crippen LogP contribution in [0.2, 0.25) is 0 Å². The van der Waals surface area contributed by atoms with E-state index in [1.54, 1.807) is 0 Å². The third-order valence-electron chi connectivity index (χ3n) is 1.41. The lowest BCUT2D eigenvalue weighted by Crippen LogP contribution is -2.41. The van der Waals surface area contributed by atoms with Crippen LogP contribution in [0, 0.1) is 0 Å². The van der Waals surface area contributed by atoms with Crippen LogP contribution < -0.4 is 0 Å². The third-order valence-corrected chi connectivity index (χ3v) is 2.19. The van der Waals surface area contributed by atoms with Crippen LogP contribution in [0.15, 0.2) is 0 Å². The number of alkyl halides is 1. The Morgan fingerprint density at radius 2 is 2.00 bits per heavy atom. The molecule has 0 radical (unpaired) electrons. The number of hydrogen-bond acceptors (Lipinski definition) is 3. The summed E-state index contributed by atoms with van der Waals surface area (Å²) in [5.74, 6) is -1.63. The fourth-order valence-electron chi connectivity index (χ4n) is 0.834. The van der Waals surface area contributed by atoms with Crippen molar-refractivity contribution in [3.05, 3.63) is 0 Å². The summed E-state index contributed by atoms with van der Waals surface area (Å²) in [7, 11) is 0. The average molecular weight is 195 g/mol. The number of halogens is 1. The first-order valence-electron chi connectivity index (χ1n) is 3.36. The van der Waals surface area contributed by atoms with Crippen molar-refractivity contribution < 1.29 is 19.8 Å². The molecule has 0 heterocycles. The van der Waals surface area contributed by atoms with Gasteiger partial charge in [0.05, 0.1) is 12.0 Å². The highest BCUT2D eigenvalue weighted by Gasteiger charge is 2.35. The number of ketones is 1. The molecule has 0 saturated heterocycles. The molecule has 70 valence electrons. The number of carbonyl (C=O) groups excluding carboxylic acids is 1. The number of carbonyl (C=O) groups is 2. The lowest BCUT2D eigenvalue weighted by molar-refractivity contribution is -0.142. The van der Waals surface area contributed by atoms with Gasteiger partial charge >= 0.3 is 5.97 Å². The van der Waals surface area contributed by atoms with Gasteiger partial charge in [-0.15, -0.1) is 11.6 Å². The summed E-state index contributed by atoms with van der Waals surface area (Å²) in [6.45, 7) is 2.42. The Kier molecular flexibility index (Phi) is 3.67. The van der Waals surface area contributed by atoms with Crippen molar-refractivity contribution in [1.82, 2.24) is 0 Å². The van der Waals surface area contributed by atoms with Crippen LogP contribution >= 0.6 is 11.6 Å². The van der Waals surface area contributed by atoms with Gasteiger partial charge in [-0.05, 0) is 13.8 Å². The predicted octanol–water partition coefficient (Wildman–Crippen LogP) is 0.408. The number of rotatable bonds is 4. The van der Waals surface area contributed by atoms with Gasteiger partial charge in [-0.1, -0.05) is 0 Å². The van der Waals surface area contributed by atoms with Crippen LogP contribution in [0.3, 0.4) is 0 Å². The minimum atomic E-state index is -1.68. The maximum atomic E-state index is 10.7. The Morgan fingerprint density at radius 3 is 2.25 bits per heavy atom. The summed E-state index contributed by atoms with van der Waals surface area (Å²) in [4.78, 5) is 20.9. The van der Waals surface area contributed by atoms with Gasteiger partial charge in [-0.2, -0.15) is 0 Å². The first kappa shape index (κ1) is 11.4. The van der Waals surface area contributed by atoms with Crippen LogP contribution in [0.5, 0.6) is 0 Å². The molecular weight excluding hydrogens is 184 g/mol. The molecule has 2 atom stereocenters. The van der Waals surface area contributed by atoms with E-state index in [9.17, 15) is 14.7 Å². The molecule has 0 aliphatic heterocycles. The van der Waals surface area contributed by atoms with Crippen molar-refractivity contribution in [1.29, 1.82) is 0 Å². The van der Waals surface area contributed by atoms with Gasteiger partial charge in [0.25, 0.3) is 0 Å². The second kappa shape index (κ2) is 3.87. The van der Waals surface area contributed by atoms with Gasteiger partial charge in [0.15, 0.2) is 5.78 Å². The number of hydrogen-bond donors (Lipinski definition) is 2. The Morgan fingerprint density at radius 1 is 1.58 bits per heavy atom. The van der Waals surface area contributed by atoms with Crippen molar-refractivity contribution in [3.8, 4) is 0 Å². The van der Waals surface area contributed by atoms with Gasteiger partial charge in [0.1, 0.15) is 5.38 Å². The molecule has 2 unspecified atom stereocenters. The highest BCUT2D eigenvalue weighted by Crippen LogP contribution is 2.20. The van der Waals surface area contributed by atoms with E-state index in [0.717, 1.165) is 0 Å². The molecule has 0 bridgehead atoms. The molecule has 0 saturated carbocycles. The maximum absolute atomic E-state index is 10.7. The Bertz CT molecular complexity index is 200. The zero-order chi connectivity index (χ0) is 9.94. The Balaban J connectivity index is 4.38. The van der Waals surface area contributed by atoms with E-state index in [2.05, 4.69) is 0 Å². The quantitative estimate of drug-likeness (QED) is 0.636. The molecule has 0 amide bonds. The third kappa shape index (κ3) is 3.19. The number of Topliss-reactive ketones (excluding diaryl/α,β-unsaturated/α-hetero) is 1. The second-order valence-electron chi connectivity index (χ2n) is 2.90. The Hall–Kier alpha value is -0.610. The van der Waals surface area contributed by atoms with Gasteiger partial charge in [0, 0.05) is 0 Å². The molecule has 0 spiro atoms. The minimum absolute atomic E-state index is 0.442. The topological polar surface area (TPSA) is 74.6 Å². The number of aliphatic carboxylic acids is 1. The second-order valence-corrected chi connectivity index (χ2v) is 3.34. The van der Waals surface area contributed by atoms with Crippen LogP contribution in [-0.4, -0.2) is 32.9 Å². The number of aliphatic hydroxyl groups is 1. The van der Waals surface area contributed by atoms with Crippen LogP contribution in [0.1, 0.15) is 20.3 Å². The molecule has 2 N–H and O–H groups in total. The molecule has 0 aliphatic rings. The van der Waals surface area contributed by atoms with Crippen LogP contribution in [-0.2, 0) is 9.59 Å². The zero-order valence-corrected chi connectivity index (χ0v) is 7.63. The smallest absolute Gasteiger partial charge is 0.306 e. The maximum Gasteiger partial charge on any atom is 0.306 e. The molecule has 0 aromatic heterocycles. The summed E-state index contributed by atoms with van der Waals surface area (Å²) in [6.07, 6.45) is -0.541. The fourth-order valence-corrected chi connectivity index (χ4v) is 0.911. The highest BCUT2D eigenvalue weighted by atomic mass is 35.5. The largest absolute Gasteiger partial charge is 0.481 e. The van der Waals surface area contributed by atoms with Crippen LogP contribution in [0.25, 0.3) is 0 Å². The van der Waals surface area contributed by atoms with Crippen molar-refractivity contribution >= 4 is 23.4 Å². The minimum Gasteiger partial charge on any atom is -0.481 e. The van der Waals surface area contributed by atoms with Crippen molar-refractivity contribution in [2.75, 3.05) is 0 Å². The van der Waals surface area contributed by atoms with E-state index in [-0.39, 0.29) is 0 Å². The number of carboxylic acids is 1. The van der Waals surface area contributed by atoms with E-state index in [0.29, 0.717) is 0 Å². The molecule has 0 aliphatic carbocycles. The van der Waals surface area contributed by atoms with E-state index >= 15 is 0 Å². The molecule has 5 heteroatoms. The number of carboxylic acid groups (broad SMARTS) is 1. The predicted molar refractivity (Wildman–Crippen MR) is 43.2 cm³/mol. The zero-order valence-electron chi connectivity index (χ0n) is 6.87. The van der Waals surface area contributed by atoms with E-state index in [1.165, 1.54) is 13.8 Å². The summed E-state index contributed by atoms with van der Waals surface area (Å²) in [6, 6.07) is 0. The molecule has 4 nitrogen and oxygen atoms in total. The lowest BCUT2D eigenvalue weighted by Gasteiger charge is -2.24.